The Morgan fingerprint density at radius 2 is 1.92 bits per heavy atom. The topological polar surface area (TPSA) is 42.4 Å². The van der Waals surface area contributed by atoms with Gasteiger partial charge >= 0.3 is 0 Å². The summed E-state index contributed by atoms with van der Waals surface area (Å²) in [6.07, 6.45) is 6.48. The molecule has 1 aromatic carbocycles. The lowest BCUT2D eigenvalue weighted by Gasteiger charge is -2.41. The van der Waals surface area contributed by atoms with Crippen LogP contribution in [0.4, 0.5) is 0 Å². The number of aromatic nitrogens is 1. The molecule has 2 aliphatic rings. The third-order valence-electron chi connectivity index (χ3n) is 5.64. The van der Waals surface area contributed by atoms with E-state index in [1.54, 1.807) is 7.11 Å². The van der Waals surface area contributed by atoms with Gasteiger partial charge in [-0.15, -0.1) is 11.3 Å². The Balaban J connectivity index is 1.46. The van der Waals surface area contributed by atoms with Crippen molar-refractivity contribution in [1.29, 1.82) is 0 Å². The van der Waals surface area contributed by atoms with Crippen LogP contribution in [-0.2, 0) is 0 Å². The summed E-state index contributed by atoms with van der Waals surface area (Å²) < 4.78 is 5.19. The van der Waals surface area contributed by atoms with Crippen molar-refractivity contribution < 1.29 is 9.53 Å². The Bertz CT molecular complexity index is 740. The molecule has 1 saturated heterocycles. The normalized spacial score (nSPS) is 23.2. The molecule has 1 aromatic heterocycles. The van der Waals surface area contributed by atoms with E-state index in [9.17, 15) is 4.79 Å². The van der Waals surface area contributed by atoms with Crippen LogP contribution in [-0.4, -0.2) is 36.0 Å². The van der Waals surface area contributed by atoms with Crippen LogP contribution >= 0.6 is 11.3 Å². The second-order valence-corrected chi connectivity index (χ2v) is 7.97. The predicted molar refractivity (Wildman–Crippen MR) is 100 cm³/mol. The third kappa shape index (κ3) is 3.43. The molecular formula is C20H24N2O2S. The third-order valence-corrected chi connectivity index (χ3v) is 6.53. The summed E-state index contributed by atoms with van der Waals surface area (Å²) >= 11 is 1.53. The number of fused-ring (bicyclic) bond motifs is 1. The Kier molecular flexibility index (Phi) is 4.75. The fourth-order valence-corrected chi connectivity index (χ4v) is 4.99. The highest BCUT2D eigenvalue weighted by Crippen LogP contribution is 2.36. The summed E-state index contributed by atoms with van der Waals surface area (Å²) in [4.78, 5) is 19.5. The number of carbonyl (C=O) groups excluding carboxylic acids is 1. The molecule has 2 atom stereocenters. The van der Waals surface area contributed by atoms with Gasteiger partial charge in [-0.3, -0.25) is 4.79 Å². The molecule has 0 N–H and O–H groups in total. The molecule has 0 unspecified atom stereocenters. The van der Waals surface area contributed by atoms with E-state index in [2.05, 4.69) is 4.98 Å². The zero-order valence-electron chi connectivity index (χ0n) is 14.6. The van der Waals surface area contributed by atoms with Crippen molar-refractivity contribution in [3.8, 4) is 16.3 Å². The van der Waals surface area contributed by atoms with Crippen molar-refractivity contribution >= 4 is 17.2 Å². The molecule has 1 aliphatic heterocycles. The molecule has 4 nitrogen and oxygen atoms in total. The Morgan fingerprint density at radius 3 is 2.68 bits per heavy atom. The number of rotatable bonds is 3. The van der Waals surface area contributed by atoms with Gasteiger partial charge in [0, 0.05) is 24.0 Å². The molecule has 1 amide bonds. The van der Waals surface area contributed by atoms with Crippen molar-refractivity contribution in [3.05, 3.63) is 35.3 Å². The molecule has 1 saturated carbocycles. The monoisotopic (exact) mass is 356 g/mol. The molecule has 4 rings (SSSR count). The fraction of sp³-hybridized carbons (Fsp3) is 0.500. The van der Waals surface area contributed by atoms with Gasteiger partial charge in [-0.05, 0) is 48.9 Å². The number of benzene rings is 1. The minimum atomic E-state index is 0.0973. The van der Waals surface area contributed by atoms with Gasteiger partial charge in [0.05, 0.1) is 7.11 Å². The second kappa shape index (κ2) is 7.16. The minimum Gasteiger partial charge on any atom is -0.497 e. The van der Waals surface area contributed by atoms with Gasteiger partial charge in [0.15, 0.2) is 0 Å². The van der Waals surface area contributed by atoms with Crippen LogP contribution in [0.5, 0.6) is 5.75 Å². The van der Waals surface area contributed by atoms with E-state index in [0.29, 0.717) is 11.6 Å². The zero-order chi connectivity index (χ0) is 17.2. The molecule has 0 spiro atoms. The van der Waals surface area contributed by atoms with Gasteiger partial charge in [0.2, 0.25) is 0 Å². The van der Waals surface area contributed by atoms with Crippen molar-refractivity contribution in [3.63, 3.8) is 0 Å². The predicted octanol–water partition coefficient (Wildman–Crippen LogP) is 4.47. The number of piperidine rings is 1. The standard InChI is InChI=1S/C20H24N2O2S/c1-24-17-8-6-15(7-9-17)19-21-18(13-25-19)20(23)22-11-10-14-4-2-3-5-16(14)12-22/h6-9,13-14,16H,2-5,10-12H2,1H3/t14-,16+/m1/s1. The first kappa shape index (κ1) is 16.6. The van der Waals surface area contributed by atoms with Crippen molar-refractivity contribution in [2.75, 3.05) is 20.2 Å². The van der Waals surface area contributed by atoms with E-state index < -0.39 is 0 Å². The summed E-state index contributed by atoms with van der Waals surface area (Å²) in [5, 5.41) is 2.79. The highest BCUT2D eigenvalue weighted by Gasteiger charge is 2.33. The van der Waals surface area contributed by atoms with Crippen molar-refractivity contribution in [1.82, 2.24) is 9.88 Å². The summed E-state index contributed by atoms with van der Waals surface area (Å²) in [6, 6.07) is 7.82. The van der Waals surface area contributed by atoms with Gasteiger partial charge < -0.3 is 9.64 Å². The van der Waals surface area contributed by atoms with Crippen LogP contribution in [0.25, 0.3) is 10.6 Å². The average Bonchev–Trinajstić information content (AvgIpc) is 3.17. The van der Waals surface area contributed by atoms with Crippen LogP contribution in [0.1, 0.15) is 42.6 Å². The molecule has 0 radical (unpaired) electrons. The molecular weight excluding hydrogens is 332 g/mol. The van der Waals surface area contributed by atoms with E-state index in [1.807, 2.05) is 34.5 Å². The lowest BCUT2D eigenvalue weighted by Crippen LogP contribution is -2.44. The van der Waals surface area contributed by atoms with E-state index in [1.165, 1.54) is 37.0 Å². The highest BCUT2D eigenvalue weighted by molar-refractivity contribution is 7.13. The second-order valence-electron chi connectivity index (χ2n) is 7.11. The Labute approximate surface area is 152 Å². The summed E-state index contributed by atoms with van der Waals surface area (Å²) in [7, 11) is 1.66. The van der Waals surface area contributed by atoms with E-state index >= 15 is 0 Å². The van der Waals surface area contributed by atoms with Crippen LogP contribution in [0.15, 0.2) is 29.6 Å². The van der Waals surface area contributed by atoms with Crippen molar-refractivity contribution in [2.24, 2.45) is 11.8 Å². The lowest BCUT2D eigenvalue weighted by molar-refractivity contribution is 0.0516. The smallest absolute Gasteiger partial charge is 0.273 e. The Hall–Kier alpha value is -1.88. The van der Waals surface area contributed by atoms with Crippen molar-refractivity contribution in [2.45, 2.75) is 32.1 Å². The molecule has 1 aliphatic carbocycles. The number of carbonyl (C=O) groups is 1. The number of hydrogen-bond donors (Lipinski definition) is 0. The zero-order valence-corrected chi connectivity index (χ0v) is 15.4. The number of nitrogens with zero attached hydrogens (tertiary/aromatic N) is 2. The number of thiazole rings is 1. The van der Waals surface area contributed by atoms with Crippen LogP contribution < -0.4 is 4.74 Å². The summed E-state index contributed by atoms with van der Waals surface area (Å²) in [6.45, 7) is 1.80. The van der Waals surface area contributed by atoms with E-state index in [4.69, 9.17) is 4.74 Å². The molecule has 25 heavy (non-hydrogen) atoms. The van der Waals surface area contributed by atoms with Gasteiger partial charge in [-0.2, -0.15) is 0 Å². The first-order valence-electron chi connectivity index (χ1n) is 9.14. The molecule has 0 bridgehead atoms. The van der Waals surface area contributed by atoms with E-state index in [0.717, 1.165) is 41.7 Å². The van der Waals surface area contributed by atoms with Crippen LogP contribution in [0.3, 0.4) is 0 Å². The molecule has 2 fully saturated rings. The number of methoxy groups -OCH3 is 1. The molecule has 132 valence electrons. The van der Waals surface area contributed by atoms with Crippen LogP contribution in [0, 0.1) is 11.8 Å². The maximum atomic E-state index is 12.9. The highest BCUT2D eigenvalue weighted by atomic mass is 32.1. The van der Waals surface area contributed by atoms with Gasteiger partial charge in [0.25, 0.3) is 5.91 Å². The molecule has 5 heteroatoms. The van der Waals surface area contributed by atoms with Gasteiger partial charge in [-0.1, -0.05) is 19.3 Å². The van der Waals surface area contributed by atoms with Crippen LogP contribution in [0.2, 0.25) is 0 Å². The number of hydrogen-bond acceptors (Lipinski definition) is 4. The Morgan fingerprint density at radius 1 is 1.16 bits per heavy atom. The quantitative estimate of drug-likeness (QED) is 0.815. The lowest BCUT2D eigenvalue weighted by atomic mass is 9.75. The number of amides is 1. The SMILES string of the molecule is COc1ccc(-c2nc(C(=O)N3CC[C@H]4CCCC[C@H]4C3)cs2)cc1. The van der Waals surface area contributed by atoms with Gasteiger partial charge in [0.1, 0.15) is 16.5 Å². The molecule has 2 aromatic rings. The largest absolute Gasteiger partial charge is 0.497 e. The summed E-state index contributed by atoms with van der Waals surface area (Å²) in [5.41, 5.74) is 1.61. The average molecular weight is 356 g/mol. The first-order valence-corrected chi connectivity index (χ1v) is 10.0. The minimum absolute atomic E-state index is 0.0973. The number of ether oxygens (including phenoxy) is 1. The first-order chi connectivity index (χ1) is 12.2. The molecule has 2 heterocycles. The van der Waals surface area contributed by atoms with Gasteiger partial charge in [-0.25, -0.2) is 4.98 Å². The maximum Gasteiger partial charge on any atom is 0.273 e. The van der Waals surface area contributed by atoms with E-state index in [-0.39, 0.29) is 5.91 Å². The fourth-order valence-electron chi connectivity index (χ4n) is 4.19. The number of likely N-dealkylation sites (tertiary alicyclic amines) is 1. The summed E-state index contributed by atoms with van der Waals surface area (Å²) in [5.74, 6) is 2.46. The maximum absolute atomic E-state index is 12.9.